The van der Waals surface area contributed by atoms with Crippen LogP contribution in [0.1, 0.15) is 34.9 Å². The number of para-hydroxylation sites is 1. The lowest BCUT2D eigenvalue weighted by atomic mass is 10.0. The number of carbonyl (C=O) groups excluding carboxylic acids is 1. The first-order valence-corrected chi connectivity index (χ1v) is 8.83. The van der Waals surface area contributed by atoms with Crippen molar-refractivity contribution in [2.24, 2.45) is 0 Å². The van der Waals surface area contributed by atoms with E-state index < -0.39 is 0 Å². The van der Waals surface area contributed by atoms with Gasteiger partial charge in [-0.05, 0) is 42.7 Å². The molecule has 1 fully saturated rings. The number of nitrogens with one attached hydrogen (secondary N) is 1. The van der Waals surface area contributed by atoms with E-state index in [9.17, 15) is 4.79 Å². The largest absolute Gasteiger partial charge is 0.348 e. The van der Waals surface area contributed by atoms with Gasteiger partial charge in [-0.1, -0.05) is 48.5 Å². The summed E-state index contributed by atoms with van der Waals surface area (Å²) in [7, 11) is 0. The fourth-order valence-corrected chi connectivity index (χ4v) is 3.38. The van der Waals surface area contributed by atoms with Crippen LogP contribution in [0.4, 0.5) is 11.5 Å². The SMILES string of the molecule is O=C(Nc1ccccc1)c1ccc(N2CCCC2c2ccccc2)nn1. The molecule has 5 nitrogen and oxygen atoms in total. The Labute approximate surface area is 152 Å². The fraction of sp³-hybridized carbons (Fsp3) is 0.190. The molecule has 5 heteroatoms. The zero-order valence-corrected chi connectivity index (χ0v) is 14.4. The van der Waals surface area contributed by atoms with Crippen LogP contribution in [0.3, 0.4) is 0 Å². The minimum absolute atomic E-state index is 0.253. The lowest BCUT2D eigenvalue weighted by Gasteiger charge is -2.25. The molecule has 1 aromatic heterocycles. The summed E-state index contributed by atoms with van der Waals surface area (Å²) >= 11 is 0. The first kappa shape index (κ1) is 16.3. The van der Waals surface area contributed by atoms with Crippen LogP contribution in [-0.4, -0.2) is 22.6 Å². The zero-order valence-electron chi connectivity index (χ0n) is 14.4. The van der Waals surface area contributed by atoms with Crippen molar-refractivity contribution in [3.05, 3.63) is 84.1 Å². The van der Waals surface area contributed by atoms with Crippen LogP contribution in [0.15, 0.2) is 72.8 Å². The summed E-state index contributed by atoms with van der Waals surface area (Å²) in [5.74, 6) is 0.559. The third-order valence-electron chi connectivity index (χ3n) is 4.65. The third-order valence-corrected chi connectivity index (χ3v) is 4.65. The van der Waals surface area contributed by atoms with Crippen molar-refractivity contribution in [2.75, 3.05) is 16.8 Å². The molecule has 0 aliphatic carbocycles. The van der Waals surface area contributed by atoms with Crippen LogP contribution < -0.4 is 10.2 Å². The highest BCUT2D eigenvalue weighted by Gasteiger charge is 2.27. The molecule has 1 unspecified atom stereocenters. The summed E-state index contributed by atoms with van der Waals surface area (Å²) in [6, 6.07) is 23.7. The molecule has 1 amide bonds. The van der Waals surface area contributed by atoms with E-state index in [2.05, 4.69) is 44.7 Å². The van der Waals surface area contributed by atoms with Gasteiger partial charge in [-0.25, -0.2) is 0 Å². The molecule has 1 aliphatic rings. The molecule has 3 aromatic rings. The Bertz CT molecular complexity index is 866. The molecule has 1 saturated heterocycles. The van der Waals surface area contributed by atoms with Crippen molar-refractivity contribution in [3.8, 4) is 0 Å². The first-order valence-electron chi connectivity index (χ1n) is 8.83. The van der Waals surface area contributed by atoms with Gasteiger partial charge in [0.1, 0.15) is 0 Å². The molecule has 0 bridgehead atoms. The van der Waals surface area contributed by atoms with Crippen molar-refractivity contribution < 1.29 is 4.79 Å². The Kier molecular flexibility index (Phi) is 4.60. The molecular weight excluding hydrogens is 324 g/mol. The second-order valence-corrected chi connectivity index (χ2v) is 6.36. The van der Waals surface area contributed by atoms with E-state index in [0.29, 0.717) is 11.7 Å². The van der Waals surface area contributed by atoms with Crippen molar-refractivity contribution in [2.45, 2.75) is 18.9 Å². The van der Waals surface area contributed by atoms with E-state index in [4.69, 9.17) is 0 Å². The number of rotatable bonds is 4. The third kappa shape index (κ3) is 3.42. The highest BCUT2D eigenvalue weighted by molar-refractivity contribution is 6.02. The van der Waals surface area contributed by atoms with Gasteiger partial charge in [0, 0.05) is 12.2 Å². The summed E-state index contributed by atoms with van der Waals surface area (Å²) in [6.45, 7) is 0.948. The molecule has 2 aromatic carbocycles. The van der Waals surface area contributed by atoms with E-state index in [1.807, 2.05) is 42.5 Å². The number of benzene rings is 2. The molecule has 0 spiro atoms. The maximum absolute atomic E-state index is 12.3. The van der Waals surface area contributed by atoms with Gasteiger partial charge in [0.25, 0.3) is 5.91 Å². The molecule has 1 atom stereocenters. The average Bonchev–Trinajstić information content (AvgIpc) is 3.19. The predicted octanol–water partition coefficient (Wildman–Crippen LogP) is 4.07. The Morgan fingerprint density at radius 1 is 0.923 bits per heavy atom. The second kappa shape index (κ2) is 7.35. The summed E-state index contributed by atoms with van der Waals surface area (Å²) in [4.78, 5) is 14.6. The lowest BCUT2D eigenvalue weighted by molar-refractivity contribution is 0.102. The van der Waals surface area contributed by atoms with Crippen molar-refractivity contribution >= 4 is 17.4 Å². The van der Waals surface area contributed by atoms with Gasteiger partial charge in [-0.15, -0.1) is 10.2 Å². The molecule has 4 rings (SSSR count). The fourth-order valence-electron chi connectivity index (χ4n) is 3.38. The van der Waals surface area contributed by atoms with E-state index in [1.165, 1.54) is 5.56 Å². The topological polar surface area (TPSA) is 58.1 Å². The molecule has 2 heterocycles. The number of anilines is 2. The Morgan fingerprint density at radius 3 is 2.35 bits per heavy atom. The van der Waals surface area contributed by atoms with Gasteiger partial charge in [0.15, 0.2) is 11.5 Å². The quantitative estimate of drug-likeness (QED) is 0.775. The Balaban J connectivity index is 1.49. The number of hydrogen-bond acceptors (Lipinski definition) is 4. The first-order chi connectivity index (χ1) is 12.8. The molecule has 0 saturated carbocycles. The van der Waals surface area contributed by atoms with Gasteiger partial charge >= 0.3 is 0 Å². The van der Waals surface area contributed by atoms with Crippen molar-refractivity contribution in [1.82, 2.24) is 10.2 Å². The minimum Gasteiger partial charge on any atom is -0.348 e. The molecule has 130 valence electrons. The standard InChI is InChI=1S/C21H20N4O/c26-21(22-17-10-5-2-6-11-17)18-13-14-20(24-23-18)25-15-7-12-19(25)16-8-3-1-4-9-16/h1-6,8-11,13-14,19H,7,12,15H2,(H,22,26). The van der Waals surface area contributed by atoms with Gasteiger partial charge < -0.3 is 10.2 Å². The molecule has 1 N–H and O–H groups in total. The van der Waals surface area contributed by atoms with Gasteiger partial charge in [0.05, 0.1) is 6.04 Å². The normalized spacial score (nSPS) is 16.5. The summed E-state index contributed by atoms with van der Waals surface area (Å²) in [6.07, 6.45) is 2.22. The van der Waals surface area contributed by atoms with Gasteiger partial charge in [-0.3, -0.25) is 4.79 Å². The van der Waals surface area contributed by atoms with Crippen LogP contribution in [0.2, 0.25) is 0 Å². The summed E-state index contributed by atoms with van der Waals surface area (Å²) in [5, 5.41) is 11.3. The van der Waals surface area contributed by atoms with Crippen LogP contribution in [0.5, 0.6) is 0 Å². The highest BCUT2D eigenvalue weighted by Crippen LogP contribution is 2.34. The number of nitrogens with zero attached hydrogens (tertiary/aromatic N) is 3. The average molecular weight is 344 g/mol. The van der Waals surface area contributed by atoms with Crippen LogP contribution in [0, 0.1) is 0 Å². The second-order valence-electron chi connectivity index (χ2n) is 6.36. The molecule has 0 radical (unpaired) electrons. The molecule has 1 aliphatic heterocycles. The molecular formula is C21H20N4O. The smallest absolute Gasteiger partial charge is 0.276 e. The van der Waals surface area contributed by atoms with Crippen molar-refractivity contribution in [1.29, 1.82) is 0 Å². The zero-order chi connectivity index (χ0) is 17.8. The number of amides is 1. The van der Waals surface area contributed by atoms with E-state index in [-0.39, 0.29) is 5.91 Å². The van der Waals surface area contributed by atoms with E-state index in [1.54, 1.807) is 6.07 Å². The van der Waals surface area contributed by atoms with Crippen LogP contribution in [-0.2, 0) is 0 Å². The lowest BCUT2D eigenvalue weighted by Crippen LogP contribution is -2.24. The van der Waals surface area contributed by atoms with E-state index >= 15 is 0 Å². The maximum atomic E-state index is 12.3. The van der Waals surface area contributed by atoms with Crippen LogP contribution in [0.25, 0.3) is 0 Å². The highest BCUT2D eigenvalue weighted by atomic mass is 16.1. The minimum atomic E-state index is -0.253. The van der Waals surface area contributed by atoms with Gasteiger partial charge in [0.2, 0.25) is 0 Å². The maximum Gasteiger partial charge on any atom is 0.276 e. The number of aromatic nitrogens is 2. The Morgan fingerprint density at radius 2 is 1.65 bits per heavy atom. The van der Waals surface area contributed by atoms with E-state index in [0.717, 1.165) is 30.9 Å². The van der Waals surface area contributed by atoms with Gasteiger partial charge in [-0.2, -0.15) is 0 Å². The van der Waals surface area contributed by atoms with Crippen LogP contribution >= 0.6 is 0 Å². The number of hydrogen-bond donors (Lipinski definition) is 1. The predicted molar refractivity (Wildman–Crippen MR) is 102 cm³/mol. The number of carbonyl (C=O) groups is 1. The van der Waals surface area contributed by atoms with Crippen molar-refractivity contribution in [3.63, 3.8) is 0 Å². The summed E-state index contributed by atoms with van der Waals surface area (Å²) < 4.78 is 0. The summed E-state index contributed by atoms with van der Waals surface area (Å²) in [5.41, 5.74) is 2.35. The Hall–Kier alpha value is -3.21. The molecule has 26 heavy (non-hydrogen) atoms. The monoisotopic (exact) mass is 344 g/mol.